The first-order chi connectivity index (χ1) is 8.09. The van der Waals surface area contributed by atoms with Gasteiger partial charge in [0.2, 0.25) is 0 Å². The van der Waals surface area contributed by atoms with Crippen LogP contribution in [0, 0.1) is 0 Å². The van der Waals surface area contributed by atoms with Crippen molar-refractivity contribution in [2.24, 2.45) is 0 Å². The number of thiophene rings is 1. The highest BCUT2D eigenvalue weighted by Gasteiger charge is 2.32. The van der Waals surface area contributed by atoms with Gasteiger partial charge in [0.25, 0.3) is 5.91 Å². The molecule has 0 radical (unpaired) electrons. The molecule has 0 aromatic carbocycles. The molecule has 1 atom stereocenters. The van der Waals surface area contributed by atoms with Crippen LogP contribution in [0.2, 0.25) is 4.34 Å². The monoisotopic (exact) mass is 274 g/mol. The van der Waals surface area contributed by atoms with E-state index < -0.39 is 12.0 Å². The van der Waals surface area contributed by atoms with Crippen molar-refractivity contribution in [3.63, 3.8) is 0 Å². The Bertz CT molecular complexity index is 449. The van der Waals surface area contributed by atoms with Crippen LogP contribution in [-0.4, -0.2) is 47.6 Å². The zero-order valence-corrected chi connectivity index (χ0v) is 10.4. The van der Waals surface area contributed by atoms with E-state index >= 15 is 0 Å². The summed E-state index contributed by atoms with van der Waals surface area (Å²) in [6.45, 7) is 1.28. The molecule has 1 aliphatic rings. The fourth-order valence-electron chi connectivity index (χ4n) is 1.74. The van der Waals surface area contributed by atoms with Crippen LogP contribution in [-0.2, 0) is 4.79 Å². The normalized spacial score (nSPS) is 20.3. The van der Waals surface area contributed by atoms with E-state index in [0.717, 1.165) is 11.3 Å². The zero-order chi connectivity index (χ0) is 12.4. The first-order valence-electron chi connectivity index (χ1n) is 5.09. The summed E-state index contributed by atoms with van der Waals surface area (Å²) in [5, 5.41) is 12.0. The number of amides is 1. The lowest BCUT2D eigenvalue weighted by atomic mass is 10.2. The van der Waals surface area contributed by atoms with Gasteiger partial charge in [-0.15, -0.1) is 11.3 Å². The van der Waals surface area contributed by atoms with Gasteiger partial charge >= 0.3 is 5.97 Å². The van der Waals surface area contributed by atoms with Gasteiger partial charge in [0, 0.05) is 19.6 Å². The molecule has 7 heteroatoms. The Morgan fingerprint density at radius 3 is 2.88 bits per heavy atom. The molecule has 1 amide bonds. The summed E-state index contributed by atoms with van der Waals surface area (Å²) in [5.74, 6) is -1.26. The maximum Gasteiger partial charge on any atom is 0.327 e. The summed E-state index contributed by atoms with van der Waals surface area (Å²) >= 11 is 6.93. The van der Waals surface area contributed by atoms with E-state index in [1.165, 1.54) is 4.90 Å². The quantitative estimate of drug-likeness (QED) is 0.841. The number of carbonyl (C=O) groups excluding carboxylic acids is 1. The van der Waals surface area contributed by atoms with Crippen molar-refractivity contribution in [2.75, 3.05) is 19.6 Å². The largest absolute Gasteiger partial charge is 0.480 e. The van der Waals surface area contributed by atoms with Crippen molar-refractivity contribution in [3.8, 4) is 0 Å². The highest BCUT2D eigenvalue weighted by Crippen LogP contribution is 2.23. The van der Waals surface area contributed by atoms with Crippen LogP contribution in [0.15, 0.2) is 12.1 Å². The Labute approximate surface area is 107 Å². The van der Waals surface area contributed by atoms with Crippen molar-refractivity contribution in [1.29, 1.82) is 0 Å². The minimum atomic E-state index is -0.992. The number of rotatable bonds is 2. The van der Waals surface area contributed by atoms with E-state index in [-0.39, 0.29) is 12.5 Å². The zero-order valence-electron chi connectivity index (χ0n) is 8.85. The van der Waals surface area contributed by atoms with Gasteiger partial charge < -0.3 is 15.3 Å². The molecule has 0 bridgehead atoms. The fourth-order valence-corrected chi connectivity index (χ4v) is 2.74. The van der Waals surface area contributed by atoms with Crippen LogP contribution >= 0.6 is 22.9 Å². The van der Waals surface area contributed by atoms with E-state index in [2.05, 4.69) is 5.32 Å². The number of hydrogen-bond donors (Lipinski definition) is 2. The molecular formula is C10H11ClN2O3S. The molecule has 1 aliphatic heterocycles. The second-order valence-corrected chi connectivity index (χ2v) is 5.38. The lowest BCUT2D eigenvalue weighted by molar-refractivity contribution is -0.142. The van der Waals surface area contributed by atoms with Gasteiger partial charge in [0.1, 0.15) is 6.04 Å². The second kappa shape index (κ2) is 5.03. The number of halogens is 1. The predicted octanol–water partition coefficient (Wildman–Crippen LogP) is 0.900. The fraction of sp³-hybridized carbons (Fsp3) is 0.400. The van der Waals surface area contributed by atoms with E-state index in [0.29, 0.717) is 22.3 Å². The first-order valence-corrected chi connectivity index (χ1v) is 6.29. The van der Waals surface area contributed by atoms with Crippen molar-refractivity contribution < 1.29 is 14.7 Å². The van der Waals surface area contributed by atoms with E-state index in [4.69, 9.17) is 16.7 Å². The number of piperazine rings is 1. The molecule has 17 heavy (non-hydrogen) atoms. The molecule has 2 rings (SSSR count). The minimum Gasteiger partial charge on any atom is -0.480 e. The molecule has 1 aromatic heterocycles. The van der Waals surface area contributed by atoms with Gasteiger partial charge in [-0.2, -0.15) is 0 Å². The van der Waals surface area contributed by atoms with Crippen molar-refractivity contribution >= 4 is 34.8 Å². The molecule has 5 nitrogen and oxygen atoms in total. The summed E-state index contributed by atoms with van der Waals surface area (Å²) in [6, 6.07) is 2.45. The van der Waals surface area contributed by atoms with E-state index in [9.17, 15) is 9.59 Å². The predicted molar refractivity (Wildman–Crippen MR) is 64.7 cm³/mol. The lowest BCUT2D eigenvalue weighted by Gasteiger charge is -2.33. The Hall–Kier alpha value is -1.11. The van der Waals surface area contributed by atoms with Gasteiger partial charge in [0.15, 0.2) is 0 Å². The van der Waals surface area contributed by atoms with Crippen LogP contribution in [0.25, 0.3) is 0 Å². The Balaban J connectivity index is 2.19. The molecule has 1 fully saturated rings. The Kier molecular flexibility index (Phi) is 3.66. The van der Waals surface area contributed by atoms with Crippen LogP contribution in [0.5, 0.6) is 0 Å². The topological polar surface area (TPSA) is 69.6 Å². The van der Waals surface area contributed by atoms with Gasteiger partial charge in [-0.3, -0.25) is 4.79 Å². The molecule has 0 spiro atoms. The molecule has 1 unspecified atom stereocenters. The van der Waals surface area contributed by atoms with Crippen molar-refractivity contribution in [3.05, 3.63) is 21.3 Å². The SMILES string of the molecule is O=C(O)C1CNCCN1C(=O)c1ccc(Cl)s1. The van der Waals surface area contributed by atoms with Crippen LogP contribution in [0.4, 0.5) is 0 Å². The standard InChI is InChI=1S/C10H11ClN2O3S/c11-8-2-1-7(17-8)9(14)13-4-3-12-5-6(13)10(15)16/h1-2,6,12H,3-5H2,(H,15,16). The molecule has 1 aromatic rings. The average molecular weight is 275 g/mol. The molecule has 0 saturated carbocycles. The molecule has 92 valence electrons. The highest BCUT2D eigenvalue weighted by atomic mass is 35.5. The average Bonchev–Trinajstić information content (AvgIpc) is 2.75. The third-order valence-electron chi connectivity index (χ3n) is 2.57. The van der Waals surface area contributed by atoms with Gasteiger partial charge in [-0.05, 0) is 12.1 Å². The molecule has 0 aliphatic carbocycles. The van der Waals surface area contributed by atoms with Gasteiger partial charge in [-0.1, -0.05) is 11.6 Å². The Morgan fingerprint density at radius 2 is 2.29 bits per heavy atom. The smallest absolute Gasteiger partial charge is 0.327 e. The number of nitrogens with one attached hydrogen (secondary N) is 1. The highest BCUT2D eigenvalue weighted by molar-refractivity contribution is 7.17. The number of carbonyl (C=O) groups is 2. The van der Waals surface area contributed by atoms with Gasteiger partial charge in [-0.25, -0.2) is 4.79 Å². The maximum absolute atomic E-state index is 12.1. The number of aliphatic carboxylic acids is 1. The first kappa shape index (κ1) is 12.3. The molecule has 2 N–H and O–H groups in total. The molecule has 1 saturated heterocycles. The third kappa shape index (κ3) is 2.59. The van der Waals surface area contributed by atoms with Gasteiger partial charge in [0.05, 0.1) is 9.21 Å². The summed E-state index contributed by atoms with van der Waals surface area (Å²) in [7, 11) is 0. The lowest BCUT2D eigenvalue weighted by Crippen LogP contribution is -2.56. The van der Waals surface area contributed by atoms with Crippen LogP contribution in [0.3, 0.4) is 0 Å². The molecular weight excluding hydrogens is 264 g/mol. The number of hydrogen-bond acceptors (Lipinski definition) is 4. The number of nitrogens with zero attached hydrogens (tertiary/aromatic N) is 1. The third-order valence-corrected chi connectivity index (χ3v) is 3.79. The van der Waals surface area contributed by atoms with Crippen molar-refractivity contribution in [1.82, 2.24) is 10.2 Å². The summed E-state index contributed by atoms with van der Waals surface area (Å²) in [5.41, 5.74) is 0. The summed E-state index contributed by atoms with van der Waals surface area (Å²) in [6.07, 6.45) is 0. The number of carboxylic acid groups (broad SMARTS) is 1. The second-order valence-electron chi connectivity index (χ2n) is 3.66. The Morgan fingerprint density at radius 1 is 1.53 bits per heavy atom. The van der Waals surface area contributed by atoms with Crippen LogP contribution < -0.4 is 5.32 Å². The summed E-state index contributed by atoms with van der Waals surface area (Å²) in [4.78, 5) is 25.0. The van der Waals surface area contributed by atoms with Crippen LogP contribution in [0.1, 0.15) is 9.67 Å². The van der Waals surface area contributed by atoms with E-state index in [1.54, 1.807) is 12.1 Å². The van der Waals surface area contributed by atoms with E-state index in [1.807, 2.05) is 0 Å². The minimum absolute atomic E-state index is 0.268. The maximum atomic E-state index is 12.1. The van der Waals surface area contributed by atoms with Crippen molar-refractivity contribution in [2.45, 2.75) is 6.04 Å². The molecule has 2 heterocycles. The summed E-state index contributed by atoms with van der Waals surface area (Å²) < 4.78 is 0.523. The number of carboxylic acids is 1.